The third-order valence-corrected chi connectivity index (χ3v) is 12.4. The van der Waals surface area contributed by atoms with Gasteiger partial charge in [0.25, 0.3) is 0 Å². The molecule has 62 heavy (non-hydrogen) atoms. The van der Waals surface area contributed by atoms with E-state index in [0.29, 0.717) is 0 Å². The van der Waals surface area contributed by atoms with Crippen molar-refractivity contribution in [2.45, 2.75) is 0 Å². The molecule has 0 amide bonds. The lowest BCUT2D eigenvalue weighted by atomic mass is 9.85. The minimum absolute atomic E-state index is 0.902. The summed E-state index contributed by atoms with van der Waals surface area (Å²) in [5, 5.41) is 9.66. The average Bonchev–Trinajstić information content (AvgIpc) is 3.74. The van der Waals surface area contributed by atoms with Gasteiger partial charge in [-0.05, 0) is 120 Å². The van der Waals surface area contributed by atoms with Gasteiger partial charge in [0.2, 0.25) is 0 Å². The molecule has 0 aliphatic heterocycles. The Labute approximate surface area is 360 Å². The van der Waals surface area contributed by atoms with E-state index < -0.39 is 0 Å². The molecule has 0 saturated heterocycles. The molecular formula is C60H39NO. The highest BCUT2D eigenvalue weighted by atomic mass is 16.3. The Morgan fingerprint density at radius 2 is 0.806 bits per heavy atom. The fourth-order valence-corrected chi connectivity index (χ4v) is 9.51. The highest BCUT2D eigenvalue weighted by Gasteiger charge is 2.21. The van der Waals surface area contributed by atoms with Crippen molar-refractivity contribution in [3.63, 3.8) is 0 Å². The molecule has 0 fully saturated rings. The summed E-state index contributed by atoms with van der Waals surface area (Å²) >= 11 is 0. The number of nitrogens with zero attached hydrogens (tertiary/aromatic N) is 1. The molecule has 12 aromatic rings. The molecule has 0 aliphatic carbocycles. The third kappa shape index (κ3) is 6.04. The zero-order chi connectivity index (χ0) is 41.0. The van der Waals surface area contributed by atoms with Crippen molar-refractivity contribution in [2.75, 3.05) is 4.90 Å². The summed E-state index contributed by atoms with van der Waals surface area (Å²) in [6.45, 7) is 0. The van der Waals surface area contributed by atoms with Crippen molar-refractivity contribution in [2.24, 2.45) is 0 Å². The second kappa shape index (κ2) is 14.8. The van der Waals surface area contributed by atoms with Gasteiger partial charge in [-0.25, -0.2) is 0 Å². The predicted octanol–water partition coefficient (Wildman–Crippen LogP) is 17.2. The molecule has 2 nitrogen and oxygen atoms in total. The molecule has 0 saturated carbocycles. The fraction of sp³-hybridized carbons (Fsp3) is 0. The molecule has 1 aromatic heterocycles. The number of para-hydroxylation sites is 2. The first-order chi connectivity index (χ1) is 30.7. The number of fused-ring (bicyclic) bond motifs is 7. The number of furan rings is 1. The van der Waals surface area contributed by atoms with Gasteiger partial charge in [-0.1, -0.05) is 188 Å². The molecule has 0 bridgehead atoms. The third-order valence-electron chi connectivity index (χ3n) is 12.4. The number of rotatable bonds is 7. The number of hydrogen-bond donors (Lipinski definition) is 0. The van der Waals surface area contributed by atoms with Crippen molar-refractivity contribution in [1.82, 2.24) is 0 Å². The maximum Gasteiger partial charge on any atom is 0.143 e. The van der Waals surface area contributed by atoms with Crippen LogP contribution in [0.3, 0.4) is 0 Å². The predicted molar refractivity (Wildman–Crippen MR) is 263 cm³/mol. The Morgan fingerprint density at radius 3 is 1.53 bits per heavy atom. The molecule has 2 heteroatoms. The lowest BCUT2D eigenvalue weighted by molar-refractivity contribution is 0.670. The van der Waals surface area contributed by atoms with E-state index in [2.05, 4.69) is 229 Å². The van der Waals surface area contributed by atoms with Crippen LogP contribution in [-0.4, -0.2) is 0 Å². The Kier molecular flexibility index (Phi) is 8.53. The van der Waals surface area contributed by atoms with Crippen molar-refractivity contribution >= 4 is 71.3 Å². The molecule has 12 rings (SSSR count). The molecule has 290 valence electrons. The van der Waals surface area contributed by atoms with Crippen LogP contribution in [0.5, 0.6) is 0 Å². The minimum atomic E-state index is 0.902. The quantitative estimate of drug-likeness (QED) is 0.150. The van der Waals surface area contributed by atoms with Gasteiger partial charge in [0, 0.05) is 33.4 Å². The fourth-order valence-electron chi connectivity index (χ4n) is 9.51. The summed E-state index contributed by atoms with van der Waals surface area (Å²) in [5.74, 6) is 0. The zero-order valence-corrected chi connectivity index (χ0v) is 33.9. The SMILES string of the molecule is c1ccc(-c2c(-c3ccccc3)c3cc(N(c4ccc(-c5ccc6ccccc6c5)cc4)c4ccc(-c5cccc6c5oc5ccccc56)cc4)ccc3c3ccccc23)cc1. The number of hydrogen-bond acceptors (Lipinski definition) is 2. The number of anilines is 3. The molecular weight excluding hydrogens is 751 g/mol. The summed E-state index contributed by atoms with van der Waals surface area (Å²) in [5.41, 5.74) is 14.5. The van der Waals surface area contributed by atoms with Crippen LogP contribution in [0.4, 0.5) is 17.1 Å². The van der Waals surface area contributed by atoms with E-state index in [-0.39, 0.29) is 0 Å². The van der Waals surface area contributed by atoms with Gasteiger partial charge < -0.3 is 9.32 Å². The second-order valence-corrected chi connectivity index (χ2v) is 16.0. The molecule has 0 N–H and O–H groups in total. The maximum atomic E-state index is 6.48. The summed E-state index contributed by atoms with van der Waals surface area (Å²) in [6.07, 6.45) is 0. The van der Waals surface area contributed by atoms with Gasteiger partial charge in [-0.15, -0.1) is 0 Å². The van der Waals surface area contributed by atoms with E-state index >= 15 is 0 Å². The first kappa shape index (κ1) is 35.7. The van der Waals surface area contributed by atoms with E-state index in [1.165, 1.54) is 65.7 Å². The van der Waals surface area contributed by atoms with Crippen LogP contribution in [0.25, 0.3) is 98.8 Å². The molecule has 0 radical (unpaired) electrons. The van der Waals surface area contributed by atoms with Crippen molar-refractivity contribution in [1.29, 1.82) is 0 Å². The second-order valence-electron chi connectivity index (χ2n) is 16.0. The molecule has 0 spiro atoms. The Bertz CT molecular complexity index is 3610. The smallest absolute Gasteiger partial charge is 0.143 e. The standard InChI is InChI=1S/C60H39NO/c1-3-15-43(16-4-1)58-54-22-10-9-20-51(54)52-37-36-49(39-56(52)59(58)44-17-5-2-6-18-44)61(47-32-28-41(29-33-47)46-27-26-40-14-7-8-19-45(40)38-46)48-34-30-42(31-35-48)50-23-13-24-55-53-21-11-12-25-57(53)62-60(50)55/h1-39H. The summed E-state index contributed by atoms with van der Waals surface area (Å²) < 4.78 is 6.48. The molecule has 1 heterocycles. The van der Waals surface area contributed by atoms with Gasteiger partial charge in [0.05, 0.1) is 0 Å². The van der Waals surface area contributed by atoms with Gasteiger partial charge in [-0.3, -0.25) is 0 Å². The van der Waals surface area contributed by atoms with Gasteiger partial charge in [-0.2, -0.15) is 0 Å². The van der Waals surface area contributed by atoms with Gasteiger partial charge >= 0.3 is 0 Å². The molecule has 0 unspecified atom stereocenters. The Morgan fingerprint density at radius 1 is 0.274 bits per heavy atom. The summed E-state index contributed by atoms with van der Waals surface area (Å²) in [7, 11) is 0. The summed E-state index contributed by atoms with van der Waals surface area (Å²) in [4.78, 5) is 2.39. The Hall–Kier alpha value is -8.20. The van der Waals surface area contributed by atoms with Crippen molar-refractivity contribution < 1.29 is 4.42 Å². The average molecular weight is 790 g/mol. The van der Waals surface area contributed by atoms with E-state index in [1.807, 2.05) is 12.1 Å². The first-order valence-electron chi connectivity index (χ1n) is 21.2. The largest absolute Gasteiger partial charge is 0.455 e. The molecule has 0 aliphatic rings. The van der Waals surface area contributed by atoms with Gasteiger partial charge in [0.15, 0.2) is 0 Å². The van der Waals surface area contributed by atoms with E-state index in [9.17, 15) is 0 Å². The normalized spacial score (nSPS) is 11.5. The van der Waals surface area contributed by atoms with E-state index in [4.69, 9.17) is 4.42 Å². The van der Waals surface area contributed by atoms with Crippen LogP contribution in [0.2, 0.25) is 0 Å². The van der Waals surface area contributed by atoms with Crippen LogP contribution in [0.1, 0.15) is 0 Å². The highest BCUT2D eigenvalue weighted by Crippen LogP contribution is 2.47. The van der Waals surface area contributed by atoms with Crippen LogP contribution in [0, 0.1) is 0 Å². The lowest BCUT2D eigenvalue weighted by Crippen LogP contribution is -2.10. The molecule has 11 aromatic carbocycles. The van der Waals surface area contributed by atoms with E-state index in [0.717, 1.165) is 50.1 Å². The first-order valence-corrected chi connectivity index (χ1v) is 21.2. The zero-order valence-electron chi connectivity index (χ0n) is 33.9. The van der Waals surface area contributed by atoms with Crippen LogP contribution in [-0.2, 0) is 0 Å². The molecule has 0 atom stereocenters. The Balaban J connectivity index is 1.06. The highest BCUT2D eigenvalue weighted by molar-refractivity contribution is 6.22. The van der Waals surface area contributed by atoms with Crippen molar-refractivity contribution in [3.05, 3.63) is 237 Å². The van der Waals surface area contributed by atoms with Gasteiger partial charge in [0.1, 0.15) is 11.2 Å². The monoisotopic (exact) mass is 789 g/mol. The summed E-state index contributed by atoms with van der Waals surface area (Å²) in [6, 6.07) is 85.5. The lowest BCUT2D eigenvalue weighted by Gasteiger charge is -2.27. The van der Waals surface area contributed by atoms with Crippen LogP contribution >= 0.6 is 0 Å². The van der Waals surface area contributed by atoms with E-state index in [1.54, 1.807) is 0 Å². The van der Waals surface area contributed by atoms with Crippen LogP contribution in [0.15, 0.2) is 241 Å². The van der Waals surface area contributed by atoms with Crippen molar-refractivity contribution in [3.8, 4) is 44.5 Å². The topological polar surface area (TPSA) is 16.4 Å². The minimum Gasteiger partial charge on any atom is -0.455 e. The van der Waals surface area contributed by atoms with Crippen LogP contribution < -0.4 is 4.90 Å². The number of benzene rings is 11. The maximum absolute atomic E-state index is 6.48.